The maximum atomic E-state index is 11.2. The molecule has 0 amide bonds. The summed E-state index contributed by atoms with van der Waals surface area (Å²) in [4.78, 5) is 11.2. The van der Waals surface area contributed by atoms with Crippen LogP contribution in [0.25, 0.3) is 16.7 Å². The Bertz CT molecular complexity index is 909. The van der Waals surface area contributed by atoms with Crippen LogP contribution in [-0.4, -0.2) is 12.1 Å². The lowest BCUT2D eigenvalue weighted by Crippen LogP contribution is -2.41. The van der Waals surface area contributed by atoms with Gasteiger partial charge < -0.3 is 10.5 Å². The summed E-state index contributed by atoms with van der Waals surface area (Å²) in [5.41, 5.74) is 13.6. The molecule has 2 aromatic rings. The van der Waals surface area contributed by atoms with Crippen LogP contribution in [0.1, 0.15) is 62.6 Å². The number of ether oxygens (including phenoxy) is 1. The summed E-state index contributed by atoms with van der Waals surface area (Å²) < 4.78 is 5.61. The molecule has 0 atom stereocenters. The molecule has 3 rings (SSSR count). The van der Waals surface area contributed by atoms with E-state index in [9.17, 15) is 4.79 Å². The van der Waals surface area contributed by atoms with E-state index in [1.165, 1.54) is 16.7 Å². The van der Waals surface area contributed by atoms with Gasteiger partial charge in [0, 0.05) is 5.02 Å². The van der Waals surface area contributed by atoms with E-state index in [0.717, 1.165) is 60.2 Å². The molecule has 3 nitrogen and oxygen atoms in total. The molecular weight excluding hydrogens is 382 g/mol. The Kier molecular flexibility index (Phi) is 6.69. The number of aryl methyl sites for hydroxylation is 2. The SMILES string of the molecule is CCc1cc(-c2ccc(Cl)cc2)c(C)cc1/C(C)=C(\N)C1(OC=O)CCCCC1. The molecule has 154 valence electrons. The predicted octanol–water partition coefficient (Wildman–Crippen LogP) is 6.44. The summed E-state index contributed by atoms with van der Waals surface area (Å²) in [5, 5.41) is 0.734. The normalized spacial score (nSPS) is 16.8. The van der Waals surface area contributed by atoms with Gasteiger partial charge in [-0.05, 0) is 91.5 Å². The zero-order valence-electron chi connectivity index (χ0n) is 17.6. The van der Waals surface area contributed by atoms with Crippen molar-refractivity contribution >= 4 is 23.6 Å². The van der Waals surface area contributed by atoms with Crippen molar-refractivity contribution in [2.24, 2.45) is 5.73 Å². The van der Waals surface area contributed by atoms with Crippen LogP contribution in [0.15, 0.2) is 42.1 Å². The van der Waals surface area contributed by atoms with Crippen molar-refractivity contribution in [3.05, 3.63) is 63.8 Å². The Hall–Kier alpha value is -2.26. The van der Waals surface area contributed by atoms with Gasteiger partial charge in [0.05, 0.1) is 5.70 Å². The molecule has 1 aliphatic rings. The van der Waals surface area contributed by atoms with Crippen molar-refractivity contribution in [3.8, 4) is 11.1 Å². The first-order valence-corrected chi connectivity index (χ1v) is 10.8. The van der Waals surface area contributed by atoms with Gasteiger partial charge in [0.25, 0.3) is 6.47 Å². The fourth-order valence-corrected chi connectivity index (χ4v) is 4.61. The molecule has 1 fully saturated rings. The summed E-state index contributed by atoms with van der Waals surface area (Å²) in [6.45, 7) is 6.88. The summed E-state index contributed by atoms with van der Waals surface area (Å²) in [5.74, 6) is 0. The van der Waals surface area contributed by atoms with Crippen molar-refractivity contribution in [3.63, 3.8) is 0 Å². The van der Waals surface area contributed by atoms with E-state index < -0.39 is 5.60 Å². The first-order valence-electron chi connectivity index (χ1n) is 10.4. The van der Waals surface area contributed by atoms with Crippen LogP contribution in [0.4, 0.5) is 0 Å². The second kappa shape index (κ2) is 9.04. The highest BCUT2D eigenvalue weighted by atomic mass is 35.5. The molecule has 2 aromatic carbocycles. The van der Waals surface area contributed by atoms with E-state index in [2.05, 4.69) is 45.0 Å². The first-order chi connectivity index (χ1) is 13.9. The smallest absolute Gasteiger partial charge is 0.294 e. The minimum absolute atomic E-state index is 0.557. The average Bonchev–Trinajstić information content (AvgIpc) is 2.74. The van der Waals surface area contributed by atoms with Crippen LogP contribution in [0.3, 0.4) is 0 Å². The summed E-state index contributed by atoms with van der Waals surface area (Å²) >= 11 is 6.06. The number of nitrogens with two attached hydrogens (primary N) is 1. The largest absolute Gasteiger partial charge is 0.455 e. The Morgan fingerprint density at radius 2 is 1.83 bits per heavy atom. The molecule has 1 aliphatic carbocycles. The van der Waals surface area contributed by atoms with Gasteiger partial charge >= 0.3 is 0 Å². The van der Waals surface area contributed by atoms with E-state index in [0.29, 0.717) is 12.2 Å². The lowest BCUT2D eigenvalue weighted by atomic mass is 9.79. The third-order valence-electron chi connectivity index (χ3n) is 6.22. The second-order valence-corrected chi connectivity index (χ2v) is 8.43. The molecule has 0 aromatic heterocycles. The number of allylic oxidation sites excluding steroid dienone is 1. The van der Waals surface area contributed by atoms with Gasteiger partial charge in [-0.1, -0.05) is 49.2 Å². The maximum Gasteiger partial charge on any atom is 0.294 e. The molecule has 1 saturated carbocycles. The highest BCUT2D eigenvalue weighted by Gasteiger charge is 2.38. The van der Waals surface area contributed by atoms with Gasteiger partial charge in [-0.15, -0.1) is 0 Å². The van der Waals surface area contributed by atoms with Gasteiger partial charge in [0.2, 0.25) is 0 Å². The number of carbonyl (C=O) groups excluding carboxylic acids is 1. The molecule has 0 bridgehead atoms. The number of benzene rings is 2. The third kappa shape index (κ3) is 4.35. The van der Waals surface area contributed by atoms with Crippen molar-refractivity contribution < 1.29 is 9.53 Å². The molecule has 0 unspecified atom stereocenters. The van der Waals surface area contributed by atoms with Crippen LogP contribution < -0.4 is 5.73 Å². The van der Waals surface area contributed by atoms with Crippen LogP contribution in [-0.2, 0) is 16.0 Å². The van der Waals surface area contributed by atoms with E-state index in [1.807, 2.05) is 12.1 Å². The minimum atomic E-state index is -0.669. The van der Waals surface area contributed by atoms with Crippen LogP contribution in [0.2, 0.25) is 5.02 Å². The van der Waals surface area contributed by atoms with Crippen molar-refractivity contribution in [1.29, 1.82) is 0 Å². The Morgan fingerprint density at radius 3 is 2.41 bits per heavy atom. The van der Waals surface area contributed by atoms with E-state index in [4.69, 9.17) is 22.1 Å². The second-order valence-electron chi connectivity index (χ2n) is 7.99. The van der Waals surface area contributed by atoms with Crippen LogP contribution in [0, 0.1) is 6.92 Å². The Labute approximate surface area is 178 Å². The molecule has 29 heavy (non-hydrogen) atoms. The summed E-state index contributed by atoms with van der Waals surface area (Å²) in [6.07, 6.45) is 5.68. The van der Waals surface area contributed by atoms with Gasteiger partial charge in [0.15, 0.2) is 5.60 Å². The lowest BCUT2D eigenvalue weighted by Gasteiger charge is -2.37. The summed E-state index contributed by atoms with van der Waals surface area (Å²) in [6, 6.07) is 12.4. The molecule has 0 aliphatic heterocycles. The molecule has 0 heterocycles. The summed E-state index contributed by atoms with van der Waals surface area (Å²) in [7, 11) is 0. The number of halogens is 1. The maximum absolute atomic E-state index is 11.2. The Morgan fingerprint density at radius 1 is 1.17 bits per heavy atom. The highest BCUT2D eigenvalue weighted by Crippen LogP contribution is 2.39. The number of hydrogen-bond donors (Lipinski definition) is 1. The predicted molar refractivity (Wildman–Crippen MR) is 121 cm³/mol. The van der Waals surface area contributed by atoms with E-state index >= 15 is 0 Å². The topological polar surface area (TPSA) is 52.3 Å². The molecule has 0 spiro atoms. The zero-order valence-corrected chi connectivity index (χ0v) is 18.3. The number of carbonyl (C=O) groups is 1. The molecule has 0 saturated heterocycles. The van der Waals surface area contributed by atoms with Gasteiger partial charge in [-0.3, -0.25) is 4.79 Å². The monoisotopic (exact) mass is 411 g/mol. The van der Waals surface area contributed by atoms with E-state index in [1.54, 1.807) is 0 Å². The standard InChI is InChI=1S/C25H30ClNO2/c1-4-19-15-22(20-8-10-21(26)11-9-20)17(2)14-23(19)18(3)24(27)25(29-16-28)12-6-5-7-13-25/h8-11,14-16H,4-7,12-13,27H2,1-3H3/b24-18-. The number of rotatable bonds is 6. The zero-order chi connectivity index (χ0) is 21.0. The van der Waals surface area contributed by atoms with Gasteiger partial charge in [-0.25, -0.2) is 0 Å². The average molecular weight is 412 g/mol. The molecule has 2 N–H and O–H groups in total. The van der Waals surface area contributed by atoms with Crippen LogP contribution in [0.5, 0.6) is 0 Å². The molecule has 0 radical (unpaired) electrons. The van der Waals surface area contributed by atoms with Crippen molar-refractivity contribution in [1.82, 2.24) is 0 Å². The van der Waals surface area contributed by atoms with Crippen LogP contribution >= 0.6 is 11.6 Å². The number of hydrogen-bond acceptors (Lipinski definition) is 3. The van der Waals surface area contributed by atoms with Crippen molar-refractivity contribution in [2.45, 2.75) is 64.9 Å². The van der Waals surface area contributed by atoms with Gasteiger partial charge in [-0.2, -0.15) is 0 Å². The van der Waals surface area contributed by atoms with Gasteiger partial charge in [0.1, 0.15) is 0 Å². The lowest BCUT2D eigenvalue weighted by molar-refractivity contribution is -0.142. The fourth-order valence-electron chi connectivity index (χ4n) is 4.49. The fraction of sp³-hybridized carbons (Fsp3) is 0.400. The molecule has 4 heteroatoms. The first kappa shape index (κ1) is 21.4. The quantitative estimate of drug-likeness (QED) is 0.556. The van der Waals surface area contributed by atoms with E-state index in [-0.39, 0.29) is 0 Å². The molecular formula is C25H30ClNO2. The highest BCUT2D eigenvalue weighted by molar-refractivity contribution is 6.30. The minimum Gasteiger partial charge on any atom is -0.455 e. The Balaban J connectivity index is 2.09. The van der Waals surface area contributed by atoms with Crippen molar-refractivity contribution in [2.75, 3.05) is 0 Å². The third-order valence-corrected chi connectivity index (χ3v) is 6.47.